The van der Waals surface area contributed by atoms with Gasteiger partial charge >= 0.3 is 6.61 Å². The molecule has 0 spiro atoms. The number of hydrogen-bond acceptors (Lipinski definition) is 3. The summed E-state index contributed by atoms with van der Waals surface area (Å²) in [6.45, 7) is -2.88. The van der Waals surface area contributed by atoms with Gasteiger partial charge in [-0.2, -0.15) is 8.78 Å². The van der Waals surface area contributed by atoms with Crippen LogP contribution in [0.5, 0.6) is 5.75 Å². The summed E-state index contributed by atoms with van der Waals surface area (Å²) in [7, 11) is 0. The number of alkyl halides is 2. The predicted octanol–water partition coefficient (Wildman–Crippen LogP) is 3.04. The Morgan fingerprint density at radius 1 is 1.04 bits per heavy atom. The van der Waals surface area contributed by atoms with E-state index in [9.17, 15) is 18.4 Å². The molecular formula is C17H14F2N2O3. The molecule has 0 saturated heterocycles. The van der Waals surface area contributed by atoms with Gasteiger partial charge < -0.3 is 15.8 Å². The molecule has 2 rings (SSSR count). The van der Waals surface area contributed by atoms with E-state index in [1.807, 2.05) is 0 Å². The Hall–Kier alpha value is -3.22. The molecule has 3 N–H and O–H groups in total. The Labute approximate surface area is 136 Å². The minimum absolute atomic E-state index is 0.0427. The molecule has 24 heavy (non-hydrogen) atoms. The lowest BCUT2D eigenvalue weighted by molar-refractivity contribution is -0.111. The normalized spacial score (nSPS) is 10.8. The van der Waals surface area contributed by atoms with Crippen molar-refractivity contribution < 1.29 is 23.1 Å². The maximum Gasteiger partial charge on any atom is 0.387 e. The fraction of sp³-hybridized carbons (Fsp3) is 0.0588. The van der Waals surface area contributed by atoms with Crippen LogP contribution < -0.4 is 15.8 Å². The first-order chi connectivity index (χ1) is 11.4. The number of carbonyl (C=O) groups is 2. The second kappa shape index (κ2) is 7.87. The van der Waals surface area contributed by atoms with Gasteiger partial charge in [-0.05, 0) is 48.0 Å². The standard InChI is InChI=1S/C17H14F2N2O3/c18-17(19)24-14-8-1-11(2-9-14)3-10-15(22)21-13-6-4-12(5-7-13)16(20)23/h1-10,17H,(H2,20,23)(H,21,22)/b10-3+. The monoisotopic (exact) mass is 332 g/mol. The smallest absolute Gasteiger partial charge is 0.387 e. The third-order valence-electron chi connectivity index (χ3n) is 2.97. The van der Waals surface area contributed by atoms with Gasteiger partial charge in [-0.25, -0.2) is 0 Å². The third kappa shape index (κ3) is 5.20. The number of halogens is 2. The van der Waals surface area contributed by atoms with Crippen LogP contribution in [-0.4, -0.2) is 18.4 Å². The highest BCUT2D eigenvalue weighted by Crippen LogP contribution is 2.16. The van der Waals surface area contributed by atoms with Crippen molar-refractivity contribution in [3.63, 3.8) is 0 Å². The molecule has 0 aromatic heterocycles. The second-order valence-corrected chi connectivity index (χ2v) is 4.71. The minimum Gasteiger partial charge on any atom is -0.435 e. The number of rotatable bonds is 6. The number of anilines is 1. The SMILES string of the molecule is NC(=O)c1ccc(NC(=O)/C=C/c2ccc(OC(F)F)cc2)cc1. The number of hydrogen-bond donors (Lipinski definition) is 2. The van der Waals surface area contributed by atoms with E-state index in [4.69, 9.17) is 5.73 Å². The van der Waals surface area contributed by atoms with Gasteiger partial charge in [0.1, 0.15) is 5.75 Å². The Morgan fingerprint density at radius 2 is 1.67 bits per heavy atom. The van der Waals surface area contributed by atoms with Crippen LogP contribution in [0.2, 0.25) is 0 Å². The first-order valence-electron chi connectivity index (χ1n) is 6.88. The molecule has 0 radical (unpaired) electrons. The lowest BCUT2D eigenvalue weighted by Gasteiger charge is -2.04. The highest BCUT2D eigenvalue weighted by atomic mass is 19.3. The molecule has 2 aromatic carbocycles. The number of carbonyl (C=O) groups excluding carboxylic acids is 2. The Bertz CT molecular complexity index is 741. The molecule has 0 bridgehead atoms. The van der Waals surface area contributed by atoms with Crippen molar-refractivity contribution in [2.24, 2.45) is 5.73 Å². The summed E-state index contributed by atoms with van der Waals surface area (Å²) < 4.78 is 28.3. The van der Waals surface area contributed by atoms with Gasteiger partial charge in [0.25, 0.3) is 0 Å². The largest absolute Gasteiger partial charge is 0.435 e. The van der Waals surface area contributed by atoms with Crippen LogP contribution in [0.4, 0.5) is 14.5 Å². The molecule has 2 aromatic rings. The Morgan fingerprint density at radius 3 is 2.21 bits per heavy atom. The molecule has 0 atom stereocenters. The summed E-state index contributed by atoms with van der Waals surface area (Å²) in [5, 5.41) is 2.61. The van der Waals surface area contributed by atoms with Gasteiger partial charge in [-0.1, -0.05) is 12.1 Å². The average molecular weight is 332 g/mol. The zero-order valence-electron chi connectivity index (χ0n) is 12.4. The summed E-state index contributed by atoms with van der Waals surface area (Å²) in [5.74, 6) is -0.886. The summed E-state index contributed by atoms with van der Waals surface area (Å²) in [6.07, 6.45) is 2.82. The van der Waals surface area contributed by atoms with Gasteiger partial charge in [0, 0.05) is 17.3 Å². The van der Waals surface area contributed by atoms with Crippen molar-refractivity contribution in [2.75, 3.05) is 5.32 Å². The minimum atomic E-state index is -2.88. The van der Waals surface area contributed by atoms with Crippen molar-refractivity contribution >= 4 is 23.6 Å². The first-order valence-corrected chi connectivity index (χ1v) is 6.88. The lowest BCUT2D eigenvalue weighted by Crippen LogP contribution is -2.11. The lowest BCUT2D eigenvalue weighted by atomic mass is 10.2. The maximum atomic E-state index is 12.0. The van der Waals surface area contributed by atoms with Crippen LogP contribution >= 0.6 is 0 Å². The van der Waals surface area contributed by atoms with Crippen LogP contribution in [0.15, 0.2) is 54.6 Å². The van der Waals surface area contributed by atoms with Gasteiger partial charge in [0.05, 0.1) is 0 Å². The van der Waals surface area contributed by atoms with E-state index in [2.05, 4.69) is 10.1 Å². The summed E-state index contributed by atoms with van der Waals surface area (Å²) in [6, 6.07) is 12.0. The van der Waals surface area contributed by atoms with E-state index in [1.54, 1.807) is 24.3 Å². The quantitative estimate of drug-likeness (QED) is 0.798. The van der Waals surface area contributed by atoms with Gasteiger partial charge in [-0.3, -0.25) is 9.59 Å². The first kappa shape index (κ1) is 17.1. The molecule has 0 saturated carbocycles. The van der Waals surface area contributed by atoms with Gasteiger partial charge in [0.2, 0.25) is 11.8 Å². The number of nitrogens with one attached hydrogen (secondary N) is 1. The van der Waals surface area contributed by atoms with Crippen molar-refractivity contribution in [1.29, 1.82) is 0 Å². The van der Waals surface area contributed by atoms with Crippen LogP contribution in [0.3, 0.4) is 0 Å². The molecule has 5 nitrogen and oxygen atoms in total. The highest BCUT2D eigenvalue weighted by molar-refractivity contribution is 6.02. The molecule has 0 aliphatic rings. The fourth-order valence-corrected chi connectivity index (χ4v) is 1.83. The maximum absolute atomic E-state index is 12.0. The third-order valence-corrected chi connectivity index (χ3v) is 2.97. The van der Waals surface area contributed by atoms with Crippen molar-refractivity contribution in [3.05, 3.63) is 65.7 Å². The summed E-state index contributed by atoms with van der Waals surface area (Å²) >= 11 is 0. The van der Waals surface area contributed by atoms with Crippen LogP contribution in [0, 0.1) is 0 Å². The Balaban J connectivity index is 1.93. The van der Waals surface area contributed by atoms with E-state index < -0.39 is 12.5 Å². The number of amides is 2. The topological polar surface area (TPSA) is 81.4 Å². The van der Waals surface area contributed by atoms with Crippen LogP contribution in [0.1, 0.15) is 15.9 Å². The van der Waals surface area contributed by atoms with Crippen molar-refractivity contribution in [3.8, 4) is 5.75 Å². The Kier molecular flexibility index (Phi) is 5.62. The number of nitrogens with two attached hydrogens (primary N) is 1. The zero-order valence-corrected chi connectivity index (χ0v) is 12.4. The summed E-state index contributed by atoms with van der Waals surface area (Å²) in [4.78, 5) is 22.8. The number of ether oxygens (including phenoxy) is 1. The van der Waals surface area contributed by atoms with Crippen LogP contribution in [-0.2, 0) is 4.79 Å². The molecule has 2 amide bonds. The number of primary amides is 1. The highest BCUT2D eigenvalue weighted by Gasteiger charge is 2.04. The predicted molar refractivity (Wildman–Crippen MR) is 85.7 cm³/mol. The second-order valence-electron chi connectivity index (χ2n) is 4.71. The fourth-order valence-electron chi connectivity index (χ4n) is 1.83. The zero-order chi connectivity index (χ0) is 17.5. The average Bonchev–Trinajstić information content (AvgIpc) is 2.54. The molecule has 7 heteroatoms. The van der Waals surface area contributed by atoms with E-state index in [1.165, 1.54) is 36.4 Å². The van der Waals surface area contributed by atoms with Gasteiger partial charge in [-0.15, -0.1) is 0 Å². The number of benzene rings is 2. The molecule has 124 valence electrons. The molecule has 0 aliphatic carbocycles. The van der Waals surface area contributed by atoms with Crippen LogP contribution in [0.25, 0.3) is 6.08 Å². The van der Waals surface area contributed by atoms with E-state index >= 15 is 0 Å². The molecule has 0 aliphatic heterocycles. The summed E-state index contributed by atoms with van der Waals surface area (Å²) in [5.41, 5.74) is 6.63. The molecule has 0 fully saturated rings. The van der Waals surface area contributed by atoms with Gasteiger partial charge in [0.15, 0.2) is 0 Å². The van der Waals surface area contributed by atoms with E-state index in [-0.39, 0.29) is 11.7 Å². The molecular weight excluding hydrogens is 318 g/mol. The van der Waals surface area contributed by atoms with Crippen molar-refractivity contribution in [1.82, 2.24) is 0 Å². The molecule has 0 unspecified atom stereocenters. The van der Waals surface area contributed by atoms with E-state index in [0.717, 1.165) is 0 Å². The molecule has 0 heterocycles. The van der Waals surface area contributed by atoms with E-state index in [0.29, 0.717) is 16.8 Å². The van der Waals surface area contributed by atoms with Crippen molar-refractivity contribution in [2.45, 2.75) is 6.61 Å².